The van der Waals surface area contributed by atoms with Crippen molar-refractivity contribution in [3.8, 4) is 11.5 Å². The molecule has 2 aromatic carbocycles. The van der Waals surface area contributed by atoms with Crippen molar-refractivity contribution >= 4 is 35.2 Å². The van der Waals surface area contributed by atoms with E-state index in [1.807, 2.05) is 6.07 Å². The number of hydrogen-bond donors (Lipinski definition) is 0. The Morgan fingerprint density at radius 1 is 1.08 bits per heavy atom. The molecule has 1 aromatic heterocycles. The van der Waals surface area contributed by atoms with Crippen LogP contribution >= 0.6 is 23.2 Å². The number of hydrogen-bond acceptors (Lipinski definition) is 5. The number of nitrogens with zero attached hydrogens (tertiary/aromatic N) is 2. The van der Waals surface area contributed by atoms with E-state index in [2.05, 4.69) is 10.2 Å². The molecule has 0 aliphatic carbocycles. The second-order valence-electron chi connectivity index (χ2n) is 4.97. The molecule has 25 heavy (non-hydrogen) atoms. The molecule has 0 unspecified atom stereocenters. The first-order chi connectivity index (χ1) is 12.1. The Balaban J connectivity index is 1.58. The average Bonchev–Trinajstić information content (AvgIpc) is 3.08. The number of carbonyl (C=O) groups is 1. The van der Waals surface area contributed by atoms with E-state index in [1.54, 1.807) is 48.5 Å². The van der Waals surface area contributed by atoms with Crippen molar-refractivity contribution in [1.29, 1.82) is 0 Å². The lowest BCUT2D eigenvalue weighted by Gasteiger charge is -1.98. The molecule has 0 amide bonds. The van der Waals surface area contributed by atoms with Gasteiger partial charge in [0.2, 0.25) is 5.89 Å². The van der Waals surface area contributed by atoms with E-state index in [-0.39, 0.29) is 18.4 Å². The molecule has 0 saturated heterocycles. The third-order valence-electron chi connectivity index (χ3n) is 3.19. The molecule has 5 nitrogen and oxygen atoms in total. The molecule has 0 spiro atoms. The van der Waals surface area contributed by atoms with Gasteiger partial charge in [0.25, 0.3) is 5.89 Å². The Hall–Kier alpha value is -2.63. The minimum atomic E-state index is -0.521. The molecule has 0 saturated carbocycles. The van der Waals surface area contributed by atoms with E-state index in [9.17, 15) is 4.79 Å². The van der Waals surface area contributed by atoms with Gasteiger partial charge in [-0.25, -0.2) is 4.79 Å². The van der Waals surface area contributed by atoms with E-state index in [0.29, 0.717) is 15.6 Å². The standard InChI is InChI=1S/C18H12Cl2N2O3/c19-13-8-5-12(6-9-13)7-10-17(23)24-11-16-21-22-18(25-16)14-3-1-2-4-15(14)20/h1-10H,11H2. The molecule has 0 atom stereocenters. The average molecular weight is 375 g/mol. The molecule has 0 aliphatic heterocycles. The summed E-state index contributed by atoms with van der Waals surface area (Å²) in [7, 11) is 0. The molecule has 3 aromatic rings. The number of halogens is 2. The predicted molar refractivity (Wildman–Crippen MR) is 95.0 cm³/mol. The first kappa shape index (κ1) is 17.2. The fourth-order valence-electron chi connectivity index (χ4n) is 1.97. The van der Waals surface area contributed by atoms with E-state index in [4.69, 9.17) is 32.4 Å². The third kappa shape index (κ3) is 4.68. The first-order valence-corrected chi connectivity index (χ1v) is 8.05. The first-order valence-electron chi connectivity index (χ1n) is 7.29. The van der Waals surface area contributed by atoms with Crippen LogP contribution in [0.5, 0.6) is 0 Å². The van der Waals surface area contributed by atoms with Gasteiger partial charge in [-0.2, -0.15) is 0 Å². The number of rotatable bonds is 5. The van der Waals surface area contributed by atoms with Crippen LogP contribution in [0.1, 0.15) is 11.5 Å². The Morgan fingerprint density at radius 2 is 1.84 bits per heavy atom. The summed E-state index contributed by atoms with van der Waals surface area (Å²) >= 11 is 11.9. The molecule has 0 N–H and O–H groups in total. The van der Waals surface area contributed by atoms with Crippen LogP contribution in [0.3, 0.4) is 0 Å². The van der Waals surface area contributed by atoms with Crippen LogP contribution in [-0.2, 0) is 16.1 Å². The molecule has 3 rings (SSSR count). The van der Waals surface area contributed by atoms with Gasteiger partial charge in [-0.3, -0.25) is 0 Å². The lowest BCUT2D eigenvalue weighted by atomic mass is 10.2. The number of ether oxygens (including phenoxy) is 1. The summed E-state index contributed by atoms with van der Waals surface area (Å²) in [5.41, 5.74) is 1.46. The summed E-state index contributed by atoms with van der Waals surface area (Å²) in [5.74, 6) is -0.0658. The zero-order chi connectivity index (χ0) is 17.6. The minimum Gasteiger partial charge on any atom is -0.452 e. The molecular weight excluding hydrogens is 363 g/mol. The topological polar surface area (TPSA) is 65.2 Å². The predicted octanol–water partition coefficient (Wildman–Crippen LogP) is 4.80. The van der Waals surface area contributed by atoms with E-state index in [1.165, 1.54) is 6.08 Å². The lowest BCUT2D eigenvalue weighted by Crippen LogP contribution is -2.00. The molecule has 0 aliphatic rings. The quantitative estimate of drug-likeness (QED) is 0.473. The van der Waals surface area contributed by atoms with Crippen LogP contribution < -0.4 is 0 Å². The maximum Gasteiger partial charge on any atom is 0.331 e. The largest absolute Gasteiger partial charge is 0.452 e. The SMILES string of the molecule is O=C(C=Cc1ccc(Cl)cc1)OCc1nnc(-c2ccccc2Cl)o1. The maximum absolute atomic E-state index is 11.7. The zero-order valence-corrected chi connectivity index (χ0v) is 14.4. The van der Waals surface area contributed by atoms with Crippen LogP contribution in [0.4, 0.5) is 0 Å². The normalized spacial score (nSPS) is 11.0. The Kier molecular flexibility index (Phi) is 5.48. The summed E-state index contributed by atoms with van der Waals surface area (Å²) in [4.78, 5) is 11.7. The van der Waals surface area contributed by atoms with Gasteiger partial charge < -0.3 is 9.15 Å². The van der Waals surface area contributed by atoms with Gasteiger partial charge in [0.1, 0.15) is 0 Å². The number of aromatic nitrogens is 2. The Bertz CT molecular complexity index is 905. The fourth-order valence-corrected chi connectivity index (χ4v) is 2.32. The van der Waals surface area contributed by atoms with Gasteiger partial charge in [-0.05, 0) is 35.9 Å². The van der Waals surface area contributed by atoms with Crippen molar-refractivity contribution in [2.45, 2.75) is 6.61 Å². The Labute approximate surface area is 153 Å². The van der Waals surface area contributed by atoms with Crippen molar-refractivity contribution in [2.75, 3.05) is 0 Å². The smallest absolute Gasteiger partial charge is 0.331 e. The van der Waals surface area contributed by atoms with Crippen molar-refractivity contribution in [1.82, 2.24) is 10.2 Å². The highest BCUT2D eigenvalue weighted by atomic mass is 35.5. The van der Waals surface area contributed by atoms with Crippen molar-refractivity contribution < 1.29 is 13.9 Å². The summed E-state index contributed by atoms with van der Waals surface area (Å²) in [6, 6.07) is 14.2. The number of esters is 1. The maximum atomic E-state index is 11.7. The van der Waals surface area contributed by atoms with Crippen molar-refractivity contribution in [3.63, 3.8) is 0 Å². The second-order valence-corrected chi connectivity index (χ2v) is 5.82. The van der Waals surface area contributed by atoms with E-state index >= 15 is 0 Å². The second kappa shape index (κ2) is 7.96. The van der Waals surface area contributed by atoms with E-state index < -0.39 is 5.97 Å². The molecule has 7 heteroatoms. The molecule has 126 valence electrons. The van der Waals surface area contributed by atoms with Crippen molar-refractivity contribution in [3.05, 3.63) is 76.1 Å². The highest BCUT2D eigenvalue weighted by molar-refractivity contribution is 6.33. The Morgan fingerprint density at radius 3 is 2.60 bits per heavy atom. The summed E-state index contributed by atoms with van der Waals surface area (Å²) in [6.45, 7) is -0.124. The monoisotopic (exact) mass is 374 g/mol. The molecular formula is C18H12Cl2N2O3. The van der Waals surface area contributed by atoms with Crippen LogP contribution in [-0.4, -0.2) is 16.2 Å². The van der Waals surface area contributed by atoms with E-state index in [0.717, 1.165) is 5.56 Å². The fraction of sp³-hybridized carbons (Fsp3) is 0.0556. The van der Waals surface area contributed by atoms with Gasteiger partial charge in [-0.15, -0.1) is 10.2 Å². The third-order valence-corrected chi connectivity index (χ3v) is 3.77. The lowest BCUT2D eigenvalue weighted by molar-refractivity contribution is -0.139. The molecule has 0 fully saturated rings. The van der Waals surface area contributed by atoms with Crippen LogP contribution in [0.15, 0.2) is 59.0 Å². The van der Waals surface area contributed by atoms with Crippen LogP contribution in [0.2, 0.25) is 10.0 Å². The number of carbonyl (C=O) groups excluding carboxylic acids is 1. The summed E-state index contributed by atoms with van der Waals surface area (Å²) in [6.07, 6.45) is 2.94. The van der Waals surface area contributed by atoms with Gasteiger partial charge >= 0.3 is 5.97 Å². The summed E-state index contributed by atoms with van der Waals surface area (Å²) < 4.78 is 10.5. The van der Waals surface area contributed by atoms with Gasteiger partial charge in [0.15, 0.2) is 6.61 Å². The minimum absolute atomic E-state index is 0.124. The van der Waals surface area contributed by atoms with Crippen LogP contribution in [0, 0.1) is 0 Å². The van der Waals surface area contributed by atoms with Gasteiger partial charge in [-0.1, -0.05) is 47.5 Å². The highest BCUT2D eigenvalue weighted by Crippen LogP contribution is 2.26. The van der Waals surface area contributed by atoms with Gasteiger partial charge in [0.05, 0.1) is 10.6 Å². The highest BCUT2D eigenvalue weighted by Gasteiger charge is 2.12. The van der Waals surface area contributed by atoms with Crippen LogP contribution in [0.25, 0.3) is 17.5 Å². The van der Waals surface area contributed by atoms with Gasteiger partial charge in [0, 0.05) is 11.1 Å². The molecule has 1 heterocycles. The summed E-state index contributed by atoms with van der Waals surface area (Å²) in [5, 5.41) is 8.88. The molecule has 0 bridgehead atoms. The molecule has 0 radical (unpaired) electrons. The number of benzene rings is 2. The zero-order valence-electron chi connectivity index (χ0n) is 12.9. The van der Waals surface area contributed by atoms with Crippen molar-refractivity contribution in [2.24, 2.45) is 0 Å².